The second-order valence-corrected chi connectivity index (χ2v) is 11.9. The maximum Gasteiger partial charge on any atom is 0.170 e. The number of fused-ring (bicyclic) bond motifs is 3. The summed E-state index contributed by atoms with van der Waals surface area (Å²) in [4.78, 5) is 5.49. The molecule has 200 valence electrons. The Morgan fingerprint density at radius 3 is 2.47 bits per heavy atom. The number of benzene rings is 2. The van der Waals surface area contributed by atoms with Crippen LogP contribution < -0.4 is 10.6 Å². The van der Waals surface area contributed by atoms with Gasteiger partial charge >= 0.3 is 0 Å². The van der Waals surface area contributed by atoms with Crippen LogP contribution in [0.15, 0.2) is 73.1 Å². The molecule has 6 nitrogen and oxygen atoms in total. The van der Waals surface area contributed by atoms with Gasteiger partial charge in [-0.1, -0.05) is 30.3 Å². The molecule has 5 heterocycles. The number of likely N-dealkylation sites (tertiary alicyclic amines) is 1. The van der Waals surface area contributed by atoms with Crippen LogP contribution in [0.25, 0.3) is 5.69 Å². The van der Waals surface area contributed by atoms with Gasteiger partial charge in [0.25, 0.3) is 0 Å². The lowest BCUT2D eigenvalue weighted by atomic mass is 9.75. The summed E-state index contributed by atoms with van der Waals surface area (Å²) >= 11 is 5.62. The van der Waals surface area contributed by atoms with Crippen LogP contribution in [0.3, 0.4) is 0 Å². The van der Waals surface area contributed by atoms with E-state index < -0.39 is 0 Å². The highest BCUT2D eigenvalue weighted by atomic mass is 32.1. The van der Waals surface area contributed by atoms with Crippen LogP contribution in [0, 0.1) is 17.8 Å². The number of rotatable bonds is 8. The highest BCUT2D eigenvalue weighted by molar-refractivity contribution is 7.80. The zero-order chi connectivity index (χ0) is 25.7. The van der Waals surface area contributed by atoms with Crippen molar-refractivity contribution in [1.82, 2.24) is 24.9 Å². The van der Waals surface area contributed by atoms with E-state index in [-0.39, 0.29) is 0 Å². The molecule has 4 aliphatic rings. The Hall–Kier alpha value is -2.74. The summed E-state index contributed by atoms with van der Waals surface area (Å²) in [5, 5.41) is 11.8. The van der Waals surface area contributed by atoms with Gasteiger partial charge in [0.2, 0.25) is 0 Å². The predicted molar refractivity (Wildman–Crippen MR) is 159 cm³/mol. The fourth-order valence-electron chi connectivity index (χ4n) is 6.83. The van der Waals surface area contributed by atoms with Crippen molar-refractivity contribution >= 4 is 23.0 Å². The van der Waals surface area contributed by atoms with Crippen LogP contribution in [-0.4, -0.2) is 70.0 Å². The Morgan fingerprint density at radius 2 is 1.76 bits per heavy atom. The van der Waals surface area contributed by atoms with E-state index in [2.05, 4.69) is 68.0 Å². The highest BCUT2D eigenvalue weighted by Gasteiger charge is 2.40. The standard InChI is InChI=1S/C31H40N6S/c38-31(34-28-7-9-29(10-8-28)37-15-4-14-33-37)32-21-30-20-26-13-18-36(30)23-27(26)22-35-16-11-25(12-17-35)19-24-5-2-1-3-6-24/h1-10,14-15,25-27,30H,11-13,16-23H2,(H2,32,34,38). The van der Waals surface area contributed by atoms with Crippen molar-refractivity contribution in [3.05, 3.63) is 78.6 Å². The summed E-state index contributed by atoms with van der Waals surface area (Å²) in [6, 6.07) is 21.8. The van der Waals surface area contributed by atoms with Crippen molar-refractivity contribution in [3.8, 4) is 5.69 Å². The van der Waals surface area contributed by atoms with Crippen molar-refractivity contribution in [2.45, 2.75) is 38.1 Å². The first-order valence-electron chi connectivity index (χ1n) is 14.3. The quantitative estimate of drug-likeness (QED) is 0.409. The van der Waals surface area contributed by atoms with Crippen LogP contribution in [0.5, 0.6) is 0 Å². The number of nitrogens with zero attached hydrogens (tertiary/aromatic N) is 4. The number of hydrogen-bond acceptors (Lipinski definition) is 4. The number of nitrogens with one attached hydrogen (secondary N) is 2. The van der Waals surface area contributed by atoms with Gasteiger partial charge in [-0.05, 0) is 118 Å². The van der Waals surface area contributed by atoms with Gasteiger partial charge < -0.3 is 15.5 Å². The Labute approximate surface area is 232 Å². The normalized spacial score (nSPS) is 25.8. The molecule has 0 aliphatic carbocycles. The molecule has 0 radical (unpaired) electrons. The van der Waals surface area contributed by atoms with E-state index in [1.165, 1.54) is 70.4 Å². The zero-order valence-electron chi connectivity index (χ0n) is 22.2. The average Bonchev–Trinajstić information content (AvgIpc) is 3.50. The van der Waals surface area contributed by atoms with Crippen molar-refractivity contribution in [1.29, 1.82) is 0 Å². The van der Waals surface area contributed by atoms with E-state index in [1.54, 1.807) is 6.20 Å². The molecule has 7 rings (SSSR count). The number of aromatic nitrogens is 2. The molecular formula is C31H40N6S. The fourth-order valence-corrected chi connectivity index (χ4v) is 7.03. The van der Waals surface area contributed by atoms with E-state index in [4.69, 9.17) is 12.2 Å². The summed E-state index contributed by atoms with van der Waals surface area (Å²) < 4.78 is 1.86. The van der Waals surface area contributed by atoms with E-state index >= 15 is 0 Å². The topological polar surface area (TPSA) is 48.4 Å². The highest BCUT2D eigenvalue weighted by Crippen LogP contribution is 2.37. The minimum atomic E-state index is 0.587. The molecule has 4 aliphatic heterocycles. The fraction of sp³-hybridized carbons (Fsp3) is 0.484. The second kappa shape index (κ2) is 12.0. The molecule has 2 N–H and O–H groups in total. The molecule has 7 heteroatoms. The number of thiocarbonyl (C=S) groups is 1. The number of hydrogen-bond donors (Lipinski definition) is 2. The van der Waals surface area contributed by atoms with E-state index in [0.29, 0.717) is 11.2 Å². The van der Waals surface area contributed by atoms with Crippen LogP contribution in [0.2, 0.25) is 0 Å². The molecule has 4 saturated heterocycles. The maximum atomic E-state index is 5.62. The molecule has 2 bridgehead atoms. The minimum Gasteiger partial charge on any atom is -0.361 e. The van der Waals surface area contributed by atoms with Gasteiger partial charge in [0.05, 0.1) is 5.69 Å². The first-order valence-corrected chi connectivity index (χ1v) is 14.8. The summed E-state index contributed by atoms with van der Waals surface area (Å²) in [5.41, 5.74) is 3.54. The average molecular weight is 529 g/mol. The third-order valence-electron chi connectivity index (χ3n) is 8.97. The lowest BCUT2D eigenvalue weighted by Crippen LogP contribution is -2.58. The van der Waals surface area contributed by atoms with E-state index in [9.17, 15) is 0 Å². The lowest BCUT2D eigenvalue weighted by molar-refractivity contribution is -0.0141. The monoisotopic (exact) mass is 528 g/mol. The zero-order valence-corrected chi connectivity index (χ0v) is 23.0. The lowest BCUT2D eigenvalue weighted by Gasteiger charge is -2.51. The molecule has 4 atom stereocenters. The van der Waals surface area contributed by atoms with Gasteiger partial charge in [-0.15, -0.1) is 0 Å². The summed E-state index contributed by atoms with van der Waals surface area (Å²) in [7, 11) is 0. The number of anilines is 1. The third kappa shape index (κ3) is 6.28. The molecule has 4 unspecified atom stereocenters. The van der Waals surface area contributed by atoms with Gasteiger partial charge in [0, 0.05) is 43.8 Å². The molecule has 1 aromatic heterocycles. The molecule has 2 aromatic carbocycles. The Kier molecular flexibility index (Phi) is 8.05. The maximum absolute atomic E-state index is 5.62. The number of piperidine rings is 4. The third-order valence-corrected chi connectivity index (χ3v) is 9.22. The van der Waals surface area contributed by atoms with Crippen LogP contribution in [-0.2, 0) is 6.42 Å². The first kappa shape index (κ1) is 25.5. The smallest absolute Gasteiger partial charge is 0.170 e. The molecule has 38 heavy (non-hydrogen) atoms. The van der Waals surface area contributed by atoms with Gasteiger partial charge in [-0.3, -0.25) is 4.90 Å². The molecular weight excluding hydrogens is 488 g/mol. The summed E-state index contributed by atoms with van der Waals surface area (Å²) in [6.45, 7) is 7.24. The van der Waals surface area contributed by atoms with Crippen LogP contribution >= 0.6 is 12.2 Å². The van der Waals surface area contributed by atoms with Crippen molar-refractivity contribution in [2.75, 3.05) is 44.6 Å². The van der Waals surface area contributed by atoms with Crippen molar-refractivity contribution in [3.63, 3.8) is 0 Å². The molecule has 0 amide bonds. The summed E-state index contributed by atoms with van der Waals surface area (Å²) in [6.07, 6.45) is 10.3. The SMILES string of the molecule is S=C(NCC1CC2CCN1CC2CN1CCC(Cc2ccccc2)CC1)Nc1ccc(-n2cccn2)cc1. The largest absolute Gasteiger partial charge is 0.361 e. The van der Waals surface area contributed by atoms with Gasteiger partial charge in [-0.2, -0.15) is 5.10 Å². The van der Waals surface area contributed by atoms with E-state index in [1.807, 2.05) is 29.1 Å². The van der Waals surface area contributed by atoms with Crippen LogP contribution in [0.4, 0.5) is 5.69 Å². The second-order valence-electron chi connectivity index (χ2n) is 11.5. The Morgan fingerprint density at radius 1 is 0.947 bits per heavy atom. The summed E-state index contributed by atoms with van der Waals surface area (Å²) in [5.74, 6) is 2.52. The van der Waals surface area contributed by atoms with Crippen molar-refractivity contribution in [2.24, 2.45) is 17.8 Å². The van der Waals surface area contributed by atoms with Gasteiger partial charge in [-0.25, -0.2) is 4.68 Å². The molecule has 4 fully saturated rings. The Bertz CT molecular complexity index is 1160. The first-order chi connectivity index (χ1) is 18.7. The van der Waals surface area contributed by atoms with Crippen molar-refractivity contribution < 1.29 is 0 Å². The van der Waals surface area contributed by atoms with Gasteiger partial charge in [0.1, 0.15) is 0 Å². The van der Waals surface area contributed by atoms with Gasteiger partial charge in [0.15, 0.2) is 5.11 Å². The molecule has 0 saturated carbocycles. The minimum absolute atomic E-state index is 0.587. The van der Waals surface area contributed by atoms with Crippen LogP contribution in [0.1, 0.15) is 31.2 Å². The van der Waals surface area contributed by atoms with E-state index in [0.717, 1.165) is 35.7 Å². The predicted octanol–water partition coefficient (Wildman–Crippen LogP) is 4.82. The Balaban J connectivity index is 0.921. The molecule has 3 aromatic rings. The molecule has 0 spiro atoms.